The summed E-state index contributed by atoms with van der Waals surface area (Å²) in [6, 6.07) is 3.58. The van der Waals surface area contributed by atoms with E-state index in [0.717, 1.165) is 5.56 Å². The van der Waals surface area contributed by atoms with Gasteiger partial charge in [0.15, 0.2) is 0 Å². The number of methoxy groups -OCH3 is 1. The Morgan fingerprint density at radius 3 is 2.94 bits per heavy atom. The molecule has 0 radical (unpaired) electrons. The van der Waals surface area contributed by atoms with E-state index in [-0.39, 0.29) is 13.2 Å². The molecule has 0 aliphatic carbocycles. The van der Waals surface area contributed by atoms with Crippen LogP contribution in [0.1, 0.15) is 5.56 Å². The molecule has 0 saturated heterocycles. The number of likely N-dealkylation sites (N-methyl/N-ethyl adjacent to an activating group) is 1. The predicted molar refractivity (Wildman–Crippen MR) is 61.3 cm³/mol. The second-order valence-corrected chi connectivity index (χ2v) is 3.63. The predicted octanol–water partition coefficient (Wildman–Crippen LogP) is 0.0174. The van der Waals surface area contributed by atoms with E-state index in [2.05, 4.69) is 4.98 Å². The van der Waals surface area contributed by atoms with Gasteiger partial charge in [-0.2, -0.15) is 0 Å². The van der Waals surface area contributed by atoms with E-state index in [0.29, 0.717) is 12.4 Å². The van der Waals surface area contributed by atoms with Crippen molar-refractivity contribution in [3.05, 3.63) is 23.9 Å². The molecule has 0 aliphatic heterocycles. The number of rotatable bonds is 6. The average Bonchev–Trinajstić information content (AvgIpc) is 2.29. The van der Waals surface area contributed by atoms with Crippen LogP contribution in [0.3, 0.4) is 0 Å². The molecule has 1 atom stereocenters. The van der Waals surface area contributed by atoms with Crippen molar-refractivity contribution in [2.45, 2.75) is 12.7 Å². The number of hydrogen-bond acceptors (Lipinski definition) is 5. The minimum absolute atomic E-state index is 0.0616. The van der Waals surface area contributed by atoms with E-state index < -0.39 is 6.10 Å². The molecule has 1 unspecified atom stereocenters. The van der Waals surface area contributed by atoms with Gasteiger partial charge in [-0.15, -0.1) is 0 Å². The van der Waals surface area contributed by atoms with Crippen molar-refractivity contribution in [2.75, 3.05) is 32.2 Å². The van der Waals surface area contributed by atoms with Gasteiger partial charge in [0.25, 0.3) is 0 Å². The van der Waals surface area contributed by atoms with Crippen molar-refractivity contribution < 1.29 is 14.9 Å². The number of nitrogens with zero attached hydrogens (tertiary/aromatic N) is 2. The summed E-state index contributed by atoms with van der Waals surface area (Å²) in [5.41, 5.74) is 0.745. The molecule has 1 aromatic heterocycles. The molecule has 90 valence electrons. The number of aromatic nitrogens is 1. The molecule has 2 N–H and O–H groups in total. The van der Waals surface area contributed by atoms with E-state index in [1.54, 1.807) is 24.3 Å². The number of aliphatic hydroxyl groups excluding tert-OH is 2. The number of anilines is 1. The largest absolute Gasteiger partial charge is 0.392 e. The lowest BCUT2D eigenvalue weighted by molar-refractivity contribution is 0.0693. The Morgan fingerprint density at radius 2 is 2.31 bits per heavy atom. The molecule has 5 heteroatoms. The van der Waals surface area contributed by atoms with E-state index in [1.165, 1.54) is 0 Å². The average molecular weight is 226 g/mol. The van der Waals surface area contributed by atoms with Crippen molar-refractivity contribution >= 4 is 5.82 Å². The van der Waals surface area contributed by atoms with Crippen molar-refractivity contribution in [2.24, 2.45) is 0 Å². The van der Waals surface area contributed by atoms with E-state index in [4.69, 9.17) is 9.84 Å². The number of hydrogen-bond donors (Lipinski definition) is 2. The van der Waals surface area contributed by atoms with Crippen molar-refractivity contribution in [3.8, 4) is 0 Å². The molecule has 16 heavy (non-hydrogen) atoms. The smallest absolute Gasteiger partial charge is 0.133 e. The van der Waals surface area contributed by atoms with Crippen LogP contribution in [-0.4, -0.2) is 48.6 Å². The normalized spacial score (nSPS) is 12.5. The van der Waals surface area contributed by atoms with E-state index in [1.807, 2.05) is 13.1 Å². The van der Waals surface area contributed by atoms with Gasteiger partial charge in [0.05, 0.1) is 19.3 Å². The Morgan fingerprint density at radius 1 is 1.56 bits per heavy atom. The SMILES string of the molecule is COCC(O)CN(C)c1ncccc1CO. The van der Waals surface area contributed by atoms with Gasteiger partial charge in [-0.05, 0) is 6.07 Å². The van der Waals surface area contributed by atoms with Crippen LogP contribution in [0.2, 0.25) is 0 Å². The Hall–Kier alpha value is -1.17. The summed E-state index contributed by atoms with van der Waals surface area (Å²) in [6.07, 6.45) is 1.09. The first-order chi connectivity index (χ1) is 7.69. The lowest BCUT2D eigenvalue weighted by Crippen LogP contribution is -2.32. The van der Waals surface area contributed by atoms with Crippen molar-refractivity contribution in [1.82, 2.24) is 4.98 Å². The fraction of sp³-hybridized carbons (Fsp3) is 0.545. The molecule has 0 saturated carbocycles. The maximum absolute atomic E-state index is 9.59. The summed E-state index contributed by atoms with van der Waals surface area (Å²) in [7, 11) is 3.36. The minimum atomic E-state index is -0.566. The third kappa shape index (κ3) is 3.44. The molecular formula is C11H18N2O3. The summed E-state index contributed by atoms with van der Waals surface area (Å²) in [6.45, 7) is 0.636. The highest BCUT2D eigenvalue weighted by molar-refractivity contribution is 5.45. The molecule has 1 rings (SSSR count). The second kappa shape index (κ2) is 6.42. The van der Waals surface area contributed by atoms with Gasteiger partial charge in [-0.25, -0.2) is 4.98 Å². The molecule has 0 spiro atoms. The van der Waals surface area contributed by atoms with Gasteiger partial charge in [0.1, 0.15) is 5.82 Å². The monoisotopic (exact) mass is 226 g/mol. The highest BCUT2D eigenvalue weighted by Gasteiger charge is 2.12. The zero-order valence-electron chi connectivity index (χ0n) is 9.63. The first-order valence-corrected chi connectivity index (χ1v) is 5.12. The Balaban J connectivity index is 2.68. The van der Waals surface area contributed by atoms with Gasteiger partial charge in [0.2, 0.25) is 0 Å². The molecule has 0 bridgehead atoms. The maximum atomic E-state index is 9.59. The third-order valence-electron chi connectivity index (χ3n) is 2.24. The summed E-state index contributed by atoms with van der Waals surface area (Å²) in [4.78, 5) is 5.98. The number of pyridine rings is 1. The number of ether oxygens (including phenoxy) is 1. The van der Waals surface area contributed by atoms with Crippen LogP contribution < -0.4 is 4.90 Å². The molecular weight excluding hydrogens is 208 g/mol. The van der Waals surface area contributed by atoms with Crippen LogP contribution in [0.25, 0.3) is 0 Å². The Bertz CT molecular complexity index is 320. The summed E-state index contributed by atoms with van der Waals surface area (Å²) >= 11 is 0. The van der Waals surface area contributed by atoms with Gasteiger partial charge in [-0.3, -0.25) is 0 Å². The van der Waals surface area contributed by atoms with Crippen LogP contribution in [0.5, 0.6) is 0 Å². The van der Waals surface area contributed by atoms with Crippen LogP contribution in [0, 0.1) is 0 Å². The molecule has 5 nitrogen and oxygen atoms in total. The lowest BCUT2D eigenvalue weighted by atomic mass is 10.2. The first kappa shape index (κ1) is 12.9. The number of aliphatic hydroxyl groups is 2. The zero-order valence-corrected chi connectivity index (χ0v) is 9.63. The molecule has 0 aromatic carbocycles. The van der Waals surface area contributed by atoms with Crippen LogP contribution in [0.4, 0.5) is 5.82 Å². The van der Waals surface area contributed by atoms with Gasteiger partial charge >= 0.3 is 0 Å². The van der Waals surface area contributed by atoms with Gasteiger partial charge < -0.3 is 19.8 Å². The quantitative estimate of drug-likeness (QED) is 0.715. The fourth-order valence-corrected chi connectivity index (χ4v) is 1.55. The fourth-order valence-electron chi connectivity index (χ4n) is 1.55. The molecule has 0 amide bonds. The molecule has 0 fully saturated rings. The zero-order chi connectivity index (χ0) is 12.0. The summed E-state index contributed by atoms with van der Waals surface area (Å²) in [5, 5.41) is 18.7. The van der Waals surface area contributed by atoms with Crippen LogP contribution in [0.15, 0.2) is 18.3 Å². The van der Waals surface area contributed by atoms with Crippen LogP contribution in [-0.2, 0) is 11.3 Å². The van der Waals surface area contributed by atoms with Crippen LogP contribution >= 0.6 is 0 Å². The second-order valence-electron chi connectivity index (χ2n) is 3.63. The third-order valence-corrected chi connectivity index (χ3v) is 2.24. The highest BCUT2D eigenvalue weighted by Crippen LogP contribution is 2.15. The summed E-state index contributed by atoms with van der Waals surface area (Å²) < 4.78 is 4.85. The van der Waals surface area contributed by atoms with Gasteiger partial charge in [0, 0.05) is 32.5 Å². The summed E-state index contributed by atoms with van der Waals surface area (Å²) in [5.74, 6) is 0.681. The molecule has 1 heterocycles. The lowest BCUT2D eigenvalue weighted by Gasteiger charge is -2.23. The maximum Gasteiger partial charge on any atom is 0.133 e. The van der Waals surface area contributed by atoms with Crippen molar-refractivity contribution in [1.29, 1.82) is 0 Å². The van der Waals surface area contributed by atoms with Crippen molar-refractivity contribution in [3.63, 3.8) is 0 Å². The Kier molecular flexibility index (Phi) is 5.18. The van der Waals surface area contributed by atoms with Gasteiger partial charge in [-0.1, -0.05) is 6.07 Å². The first-order valence-electron chi connectivity index (χ1n) is 5.12. The topological polar surface area (TPSA) is 65.8 Å². The minimum Gasteiger partial charge on any atom is -0.392 e. The van der Waals surface area contributed by atoms with E-state index >= 15 is 0 Å². The highest BCUT2D eigenvalue weighted by atomic mass is 16.5. The van der Waals surface area contributed by atoms with E-state index in [9.17, 15) is 5.11 Å². The molecule has 0 aliphatic rings. The molecule has 1 aromatic rings. The standard InChI is InChI=1S/C11H18N2O3/c1-13(6-10(15)8-16-2)11-9(7-14)4-3-5-12-11/h3-5,10,14-15H,6-8H2,1-2H3. The Labute approximate surface area is 95.3 Å².